The first-order valence-corrected chi connectivity index (χ1v) is 7.36. The third-order valence-corrected chi connectivity index (χ3v) is 3.85. The predicted octanol–water partition coefficient (Wildman–Crippen LogP) is 3.47. The topological polar surface area (TPSA) is 32.3 Å². The van der Waals surface area contributed by atoms with Crippen LogP contribution in [0.5, 0.6) is 0 Å². The molecule has 20 heavy (non-hydrogen) atoms. The lowest BCUT2D eigenvalue weighted by Crippen LogP contribution is -2.39. The van der Waals surface area contributed by atoms with E-state index in [2.05, 4.69) is 18.8 Å². The van der Waals surface area contributed by atoms with Gasteiger partial charge in [0.05, 0.1) is 0 Å². The zero-order valence-electron chi connectivity index (χ0n) is 12.5. The minimum Gasteiger partial charge on any atom is -0.381 e. The molecule has 0 aliphatic carbocycles. The fraction of sp³-hybridized carbons (Fsp3) is 0.471. The van der Waals surface area contributed by atoms with Gasteiger partial charge in [0.1, 0.15) is 0 Å². The number of hydrogen-bond acceptors (Lipinski definition) is 2. The Labute approximate surface area is 121 Å². The minimum absolute atomic E-state index is 0.162. The van der Waals surface area contributed by atoms with Crippen molar-refractivity contribution in [1.29, 1.82) is 0 Å². The number of rotatable bonds is 4. The fourth-order valence-electron chi connectivity index (χ4n) is 2.73. The van der Waals surface area contributed by atoms with Crippen molar-refractivity contribution in [2.45, 2.75) is 26.7 Å². The molecule has 1 heterocycles. The van der Waals surface area contributed by atoms with E-state index in [1.54, 1.807) is 0 Å². The van der Waals surface area contributed by atoms with Gasteiger partial charge in [0.2, 0.25) is 0 Å². The smallest absolute Gasteiger partial charge is 0.253 e. The van der Waals surface area contributed by atoms with E-state index in [0.29, 0.717) is 5.92 Å². The number of nitrogens with one attached hydrogen (secondary N) is 1. The summed E-state index contributed by atoms with van der Waals surface area (Å²) in [5.41, 5.74) is 2.96. The molecular formula is C17H24N2O. The number of hydrogen-bond donors (Lipinski definition) is 1. The molecule has 1 aliphatic heterocycles. The number of nitrogens with zero attached hydrogens (tertiary/aromatic N) is 1. The largest absolute Gasteiger partial charge is 0.381 e. The number of anilines is 1. The molecule has 1 aromatic rings. The zero-order chi connectivity index (χ0) is 14.5. The summed E-state index contributed by atoms with van der Waals surface area (Å²) < 4.78 is 0. The molecule has 1 aromatic carbocycles. The van der Waals surface area contributed by atoms with Crippen LogP contribution in [0.2, 0.25) is 0 Å². The Morgan fingerprint density at radius 1 is 1.55 bits per heavy atom. The van der Waals surface area contributed by atoms with E-state index in [1.165, 1.54) is 6.42 Å². The van der Waals surface area contributed by atoms with Crippen LogP contribution in [-0.2, 0) is 0 Å². The Morgan fingerprint density at radius 2 is 2.35 bits per heavy atom. The normalized spacial score (nSPS) is 18.7. The van der Waals surface area contributed by atoms with Gasteiger partial charge in [-0.15, -0.1) is 6.58 Å². The molecule has 108 valence electrons. The second-order valence-corrected chi connectivity index (χ2v) is 5.70. The number of aryl methyl sites for hydroxylation is 1. The maximum absolute atomic E-state index is 12.5. The Morgan fingerprint density at radius 3 is 3.00 bits per heavy atom. The van der Waals surface area contributed by atoms with Crippen molar-refractivity contribution in [3.63, 3.8) is 0 Å². The van der Waals surface area contributed by atoms with Crippen molar-refractivity contribution in [2.24, 2.45) is 5.92 Å². The molecule has 1 saturated heterocycles. The zero-order valence-corrected chi connectivity index (χ0v) is 12.5. The Bertz CT molecular complexity index is 496. The van der Waals surface area contributed by atoms with E-state index in [-0.39, 0.29) is 5.91 Å². The molecule has 1 fully saturated rings. The van der Waals surface area contributed by atoms with Crippen LogP contribution in [0.1, 0.15) is 35.7 Å². The van der Waals surface area contributed by atoms with Gasteiger partial charge in [-0.3, -0.25) is 4.79 Å². The van der Waals surface area contributed by atoms with Gasteiger partial charge in [0.25, 0.3) is 5.91 Å². The highest BCUT2D eigenvalue weighted by Gasteiger charge is 2.22. The predicted molar refractivity (Wildman–Crippen MR) is 84.2 cm³/mol. The van der Waals surface area contributed by atoms with Crippen molar-refractivity contribution in [2.75, 3.05) is 25.0 Å². The Kier molecular flexibility index (Phi) is 4.83. The first kappa shape index (κ1) is 14.6. The van der Waals surface area contributed by atoms with E-state index < -0.39 is 0 Å². The van der Waals surface area contributed by atoms with E-state index in [1.807, 2.05) is 36.1 Å². The number of carbonyl (C=O) groups is 1. The van der Waals surface area contributed by atoms with E-state index in [0.717, 1.165) is 42.9 Å². The number of likely N-dealkylation sites (tertiary alicyclic amines) is 1. The number of carbonyl (C=O) groups excluding carboxylic acids is 1. The van der Waals surface area contributed by atoms with Crippen LogP contribution in [0.15, 0.2) is 30.9 Å². The molecule has 0 radical (unpaired) electrons. The second-order valence-electron chi connectivity index (χ2n) is 5.70. The molecule has 1 aliphatic rings. The lowest BCUT2D eigenvalue weighted by Gasteiger charge is -2.31. The second kappa shape index (κ2) is 6.60. The molecule has 1 N–H and O–H groups in total. The highest BCUT2D eigenvalue weighted by atomic mass is 16.2. The molecule has 1 atom stereocenters. The SMILES string of the molecule is C=CCNc1ccc(C(=O)N2CCC[C@@H](C)C2)cc1C. The minimum atomic E-state index is 0.162. The molecule has 2 rings (SSSR count). The van der Waals surface area contributed by atoms with Gasteiger partial charge in [-0.25, -0.2) is 0 Å². The lowest BCUT2D eigenvalue weighted by molar-refractivity contribution is 0.0683. The first-order chi connectivity index (χ1) is 9.61. The average Bonchev–Trinajstić information content (AvgIpc) is 2.45. The summed E-state index contributed by atoms with van der Waals surface area (Å²) in [6, 6.07) is 5.88. The molecule has 0 saturated carbocycles. The first-order valence-electron chi connectivity index (χ1n) is 7.36. The molecule has 1 amide bonds. The maximum Gasteiger partial charge on any atom is 0.253 e. The van der Waals surface area contributed by atoms with Gasteiger partial charge in [-0.05, 0) is 49.4 Å². The van der Waals surface area contributed by atoms with Gasteiger partial charge in [-0.1, -0.05) is 13.0 Å². The van der Waals surface area contributed by atoms with Crippen LogP contribution in [0, 0.1) is 12.8 Å². The molecule has 0 unspecified atom stereocenters. The molecule has 0 aromatic heterocycles. The monoisotopic (exact) mass is 272 g/mol. The summed E-state index contributed by atoms with van der Waals surface area (Å²) in [6.07, 6.45) is 4.17. The number of piperidine rings is 1. The van der Waals surface area contributed by atoms with Crippen LogP contribution in [-0.4, -0.2) is 30.4 Å². The molecule has 3 nitrogen and oxygen atoms in total. The highest BCUT2D eigenvalue weighted by Crippen LogP contribution is 2.21. The highest BCUT2D eigenvalue weighted by molar-refractivity contribution is 5.95. The van der Waals surface area contributed by atoms with Crippen LogP contribution < -0.4 is 5.32 Å². The maximum atomic E-state index is 12.5. The third-order valence-electron chi connectivity index (χ3n) is 3.85. The van der Waals surface area contributed by atoms with Crippen LogP contribution in [0.3, 0.4) is 0 Å². The summed E-state index contributed by atoms with van der Waals surface area (Å²) in [4.78, 5) is 14.5. The summed E-state index contributed by atoms with van der Waals surface area (Å²) >= 11 is 0. The standard InChI is InChI=1S/C17H24N2O/c1-4-9-18-16-8-7-15(11-14(16)3)17(20)19-10-5-6-13(2)12-19/h4,7-8,11,13,18H,1,5-6,9-10,12H2,2-3H3/t13-/m1/s1. The van der Waals surface area contributed by atoms with E-state index in [9.17, 15) is 4.79 Å². The van der Waals surface area contributed by atoms with E-state index >= 15 is 0 Å². The summed E-state index contributed by atoms with van der Waals surface area (Å²) in [7, 11) is 0. The quantitative estimate of drug-likeness (QED) is 0.851. The number of benzene rings is 1. The number of amides is 1. The third kappa shape index (κ3) is 3.41. The lowest BCUT2D eigenvalue weighted by atomic mass is 9.99. The van der Waals surface area contributed by atoms with E-state index in [4.69, 9.17) is 0 Å². The fourth-order valence-corrected chi connectivity index (χ4v) is 2.73. The van der Waals surface area contributed by atoms with Crippen molar-refractivity contribution >= 4 is 11.6 Å². The summed E-state index contributed by atoms with van der Waals surface area (Å²) in [5.74, 6) is 0.775. The van der Waals surface area contributed by atoms with Crippen molar-refractivity contribution in [3.05, 3.63) is 42.0 Å². The average molecular weight is 272 g/mol. The Hall–Kier alpha value is -1.77. The van der Waals surface area contributed by atoms with Crippen molar-refractivity contribution in [3.8, 4) is 0 Å². The van der Waals surface area contributed by atoms with Gasteiger partial charge < -0.3 is 10.2 Å². The molecular weight excluding hydrogens is 248 g/mol. The van der Waals surface area contributed by atoms with Crippen molar-refractivity contribution in [1.82, 2.24) is 4.90 Å². The van der Waals surface area contributed by atoms with Crippen molar-refractivity contribution < 1.29 is 4.79 Å². The molecule has 3 heteroatoms. The van der Waals surface area contributed by atoms with Gasteiger partial charge >= 0.3 is 0 Å². The Balaban J connectivity index is 2.10. The summed E-state index contributed by atoms with van der Waals surface area (Å²) in [6.45, 7) is 10.4. The van der Waals surface area contributed by atoms with Gasteiger partial charge in [0.15, 0.2) is 0 Å². The van der Waals surface area contributed by atoms with Crippen LogP contribution in [0.4, 0.5) is 5.69 Å². The summed E-state index contributed by atoms with van der Waals surface area (Å²) in [5, 5.41) is 3.27. The van der Waals surface area contributed by atoms with Crippen LogP contribution in [0.25, 0.3) is 0 Å². The van der Waals surface area contributed by atoms with Gasteiger partial charge in [-0.2, -0.15) is 0 Å². The molecule has 0 bridgehead atoms. The van der Waals surface area contributed by atoms with Gasteiger partial charge in [0, 0.05) is 30.9 Å². The molecule has 0 spiro atoms. The van der Waals surface area contributed by atoms with Crippen LogP contribution >= 0.6 is 0 Å².